The fourth-order valence-corrected chi connectivity index (χ4v) is 1.25. The topological polar surface area (TPSA) is 29.3 Å². The lowest BCUT2D eigenvalue weighted by atomic mass is 10.4. The summed E-state index contributed by atoms with van der Waals surface area (Å²) in [5, 5.41) is 0. The van der Waals surface area contributed by atoms with E-state index in [1.807, 2.05) is 14.1 Å². The van der Waals surface area contributed by atoms with Gasteiger partial charge in [-0.05, 0) is 26.1 Å². The van der Waals surface area contributed by atoms with Gasteiger partial charge >= 0.3 is 0 Å². The van der Waals surface area contributed by atoms with Gasteiger partial charge in [-0.3, -0.25) is 4.59 Å². The van der Waals surface area contributed by atoms with E-state index in [-0.39, 0.29) is 24.8 Å². The van der Waals surface area contributed by atoms with Crippen LogP contribution in [0.3, 0.4) is 0 Å². The van der Waals surface area contributed by atoms with Gasteiger partial charge in [-0.25, -0.2) is 0 Å². The van der Waals surface area contributed by atoms with Crippen LogP contribution in [-0.2, 0) is 0 Å². The van der Waals surface area contributed by atoms with Gasteiger partial charge in [0.05, 0.1) is 20.6 Å². The largest absolute Gasteiger partial charge is 1.00 e. The van der Waals surface area contributed by atoms with Gasteiger partial charge in [0.15, 0.2) is 0 Å². The molecule has 0 fully saturated rings. The third kappa shape index (κ3) is 23.9. The molecule has 2 N–H and O–H groups in total. The van der Waals surface area contributed by atoms with Crippen LogP contribution in [-0.4, -0.2) is 49.8 Å². The minimum atomic E-state index is 0. The van der Waals surface area contributed by atoms with Gasteiger partial charge in [-0.15, -0.1) is 12.4 Å². The smallest absolute Gasteiger partial charge is 0.0953 e. The van der Waals surface area contributed by atoms with Crippen molar-refractivity contribution in [1.29, 1.82) is 0 Å². The first-order valence-electron chi connectivity index (χ1n) is 5.75. The number of nitrogens with two attached hydrogens (primary N) is 1. The number of hydrogen-bond donors (Lipinski definition) is 1. The van der Waals surface area contributed by atoms with Gasteiger partial charge in [-0.1, -0.05) is 27.7 Å². The van der Waals surface area contributed by atoms with Crippen LogP contribution in [0.5, 0.6) is 0 Å². The molecule has 16 heavy (non-hydrogen) atoms. The summed E-state index contributed by atoms with van der Waals surface area (Å²) in [5.41, 5.74) is 0. The van der Waals surface area contributed by atoms with Gasteiger partial charge in [0, 0.05) is 0 Å². The molecule has 0 rings (SSSR count). The standard InChI is InChI=1S/C6H15N.C5H15N2.2ClH/c1-4-7(5-2)6-3;1-4-5-7(2,3)6;;/h2*4-6H2,1-3H3;2*1H/q;+1;;/p-1. The molecule has 0 aliphatic heterocycles. The Kier molecular flexibility index (Phi) is 24.5. The van der Waals surface area contributed by atoms with Crippen LogP contribution in [0.2, 0.25) is 0 Å². The number of rotatable bonds is 5. The van der Waals surface area contributed by atoms with Crippen molar-refractivity contribution >= 4 is 12.4 Å². The van der Waals surface area contributed by atoms with E-state index in [9.17, 15) is 0 Å². The Morgan fingerprint density at radius 2 is 1.25 bits per heavy atom. The van der Waals surface area contributed by atoms with Gasteiger partial charge in [-0.2, -0.15) is 5.84 Å². The zero-order valence-electron chi connectivity index (χ0n) is 11.8. The first kappa shape index (κ1) is 25.3. The Hall–Kier alpha value is 0.460. The van der Waals surface area contributed by atoms with E-state index >= 15 is 0 Å². The third-order valence-corrected chi connectivity index (χ3v) is 2.14. The molecule has 0 heterocycles. The van der Waals surface area contributed by atoms with Crippen molar-refractivity contribution in [3.63, 3.8) is 0 Å². The van der Waals surface area contributed by atoms with Crippen LogP contribution in [0, 0.1) is 0 Å². The summed E-state index contributed by atoms with van der Waals surface area (Å²) in [6, 6.07) is 0. The molecule has 0 unspecified atom stereocenters. The van der Waals surface area contributed by atoms with Crippen LogP contribution in [0.4, 0.5) is 0 Å². The first-order valence-corrected chi connectivity index (χ1v) is 5.75. The molecule has 3 nitrogen and oxygen atoms in total. The highest BCUT2D eigenvalue weighted by Crippen LogP contribution is 1.85. The predicted octanol–water partition coefficient (Wildman–Crippen LogP) is -0.880. The molecule has 0 amide bonds. The zero-order valence-corrected chi connectivity index (χ0v) is 13.4. The second kappa shape index (κ2) is 15.5. The first-order chi connectivity index (χ1) is 6.41. The molecule has 5 heteroatoms. The normalized spacial score (nSPS) is 9.75. The van der Waals surface area contributed by atoms with E-state index in [4.69, 9.17) is 5.84 Å². The summed E-state index contributed by atoms with van der Waals surface area (Å²) in [6.07, 6.45) is 1.16. The number of hydrogen-bond acceptors (Lipinski definition) is 2. The fraction of sp³-hybridized carbons (Fsp3) is 1.00. The van der Waals surface area contributed by atoms with E-state index in [2.05, 4.69) is 32.6 Å². The summed E-state index contributed by atoms with van der Waals surface area (Å²) in [4.78, 5) is 2.38. The number of quaternary nitrogens is 1. The Labute approximate surface area is 115 Å². The maximum absolute atomic E-state index is 5.58. The molecule has 0 spiro atoms. The lowest BCUT2D eigenvalue weighted by Crippen LogP contribution is -3.00. The molecule has 0 aromatic carbocycles. The van der Waals surface area contributed by atoms with Gasteiger partial charge in [0.1, 0.15) is 0 Å². The molecule has 0 bridgehead atoms. The minimum Gasteiger partial charge on any atom is -1.00 e. The second-order valence-electron chi connectivity index (χ2n) is 4.12. The molecule has 0 radical (unpaired) electrons. The fourth-order valence-electron chi connectivity index (χ4n) is 1.25. The van der Waals surface area contributed by atoms with E-state index in [1.165, 1.54) is 19.6 Å². The van der Waals surface area contributed by atoms with Gasteiger partial charge in [0.25, 0.3) is 0 Å². The summed E-state index contributed by atoms with van der Waals surface area (Å²) >= 11 is 0. The highest BCUT2D eigenvalue weighted by molar-refractivity contribution is 5.85. The number of halogens is 2. The average Bonchev–Trinajstić information content (AvgIpc) is 2.06. The van der Waals surface area contributed by atoms with E-state index < -0.39 is 0 Å². The third-order valence-electron chi connectivity index (χ3n) is 2.14. The van der Waals surface area contributed by atoms with Crippen molar-refractivity contribution in [3.8, 4) is 0 Å². The SMILES string of the molecule is CCC[N+](C)(C)N.CCN(CC)CC.Cl.[Cl-]. The van der Waals surface area contributed by atoms with Crippen molar-refractivity contribution in [1.82, 2.24) is 4.90 Å². The average molecular weight is 276 g/mol. The van der Waals surface area contributed by atoms with Crippen LogP contribution < -0.4 is 18.2 Å². The van der Waals surface area contributed by atoms with Crippen molar-refractivity contribution in [2.45, 2.75) is 34.1 Å². The van der Waals surface area contributed by atoms with Gasteiger partial charge < -0.3 is 17.3 Å². The van der Waals surface area contributed by atoms with Crippen LogP contribution in [0.25, 0.3) is 0 Å². The van der Waals surface area contributed by atoms with Crippen molar-refractivity contribution in [3.05, 3.63) is 0 Å². The highest BCUT2D eigenvalue weighted by atomic mass is 35.5. The number of nitrogens with zero attached hydrogens (tertiary/aromatic N) is 2. The van der Waals surface area contributed by atoms with Crippen LogP contribution in [0.15, 0.2) is 0 Å². The monoisotopic (exact) mass is 275 g/mol. The lowest BCUT2D eigenvalue weighted by molar-refractivity contribution is -0.902. The summed E-state index contributed by atoms with van der Waals surface area (Å²) < 4.78 is 0.594. The molecule has 0 aromatic rings. The molecular weight excluding hydrogens is 245 g/mol. The molecule has 0 aliphatic carbocycles. The van der Waals surface area contributed by atoms with E-state index in [0.717, 1.165) is 13.0 Å². The zero-order chi connectivity index (χ0) is 11.6. The Morgan fingerprint density at radius 3 is 1.25 bits per heavy atom. The molecule has 104 valence electrons. The predicted molar refractivity (Wildman–Crippen MR) is 72.2 cm³/mol. The summed E-state index contributed by atoms with van der Waals surface area (Å²) in [6.45, 7) is 13.3. The molecular formula is C11H31Cl2N3. The van der Waals surface area contributed by atoms with Crippen LogP contribution >= 0.6 is 12.4 Å². The molecule has 0 saturated carbocycles. The van der Waals surface area contributed by atoms with E-state index in [0.29, 0.717) is 4.59 Å². The lowest BCUT2D eigenvalue weighted by Gasteiger charge is -2.20. The Morgan fingerprint density at radius 1 is 0.938 bits per heavy atom. The van der Waals surface area contributed by atoms with Gasteiger partial charge in [0.2, 0.25) is 0 Å². The maximum atomic E-state index is 5.58. The Bertz CT molecular complexity index is 107. The highest BCUT2D eigenvalue weighted by Gasteiger charge is 2.02. The maximum Gasteiger partial charge on any atom is 0.0953 e. The van der Waals surface area contributed by atoms with Crippen molar-refractivity contribution < 1.29 is 17.0 Å². The molecule has 0 saturated heterocycles. The molecule has 0 aliphatic rings. The minimum absolute atomic E-state index is 0. The van der Waals surface area contributed by atoms with Crippen molar-refractivity contribution in [2.24, 2.45) is 5.84 Å². The molecule has 0 aromatic heterocycles. The van der Waals surface area contributed by atoms with Crippen LogP contribution in [0.1, 0.15) is 34.1 Å². The van der Waals surface area contributed by atoms with E-state index in [1.54, 1.807) is 0 Å². The Balaban J connectivity index is -0.0000000800. The summed E-state index contributed by atoms with van der Waals surface area (Å²) in [7, 11) is 3.98. The quantitative estimate of drug-likeness (QED) is 0.401. The second-order valence-corrected chi connectivity index (χ2v) is 4.12. The molecule has 0 atom stereocenters. The summed E-state index contributed by atoms with van der Waals surface area (Å²) in [5.74, 6) is 5.58. The van der Waals surface area contributed by atoms with Crippen molar-refractivity contribution in [2.75, 3.05) is 40.3 Å².